The van der Waals surface area contributed by atoms with Crippen molar-refractivity contribution in [3.63, 3.8) is 0 Å². The van der Waals surface area contributed by atoms with Crippen molar-refractivity contribution in [2.75, 3.05) is 0 Å². The van der Waals surface area contributed by atoms with E-state index >= 15 is 0 Å². The molecule has 0 fully saturated rings. The monoisotopic (exact) mass is 264 g/mol. The van der Waals surface area contributed by atoms with E-state index in [9.17, 15) is 5.11 Å². The molecule has 20 heavy (non-hydrogen) atoms. The number of rotatable bonds is 2. The Morgan fingerprint density at radius 2 is 1.60 bits per heavy atom. The summed E-state index contributed by atoms with van der Waals surface area (Å²) in [4.78, 5) is 0. The van der Waals surface area contributed by atoms with Crippen LogP contribution in [0.5, 0.6) is 17.2 Å². The summed E-state index contributed by atoms with van der Waals surface area (Å²) in [6.45, 7) is 3.84. The van der Waals surface area contributed by atoms with Crippen LogP contribution in [0.1, 0.15) is 11.1 Å². The maximum atomic E-state index is 9.84. The fourth-order valence-electron chi connectivity index (χ4n) is 2.37. The van der Waals surface area contributed by atoms with Crippen molar-refractivity contribution in [3.05, 3.63) is 65.7 Å². The second-order valence-electron chi connectivity index (χ2n) is 4.94. The normalized spacial score (nSPS) is 10.7. The lowest BCUT2D eigenvalue weighted by Crippen LogP contribution is -1.92. The minimum absolute atomic E-state index is 0.255. The van der Waals surface area contributed by atoms with Gasteiger partial charge in [0.2, 0.25) is 0 Å². The van der Waals surface area contributed by atoms with E-state index in [2.05, 4.69) is 12.1 Å². The first-order valence-electron chi connectivity index (χ1n) is 6.61. The van der Waals surface area contributed by atoms with Gasteiger partial charge in [0, 0.05) is 10.9 Å². The fraction of sp³-hybridized carbons (Fsp3) is 0.111. The van der Waals surface area contributed by atoms with Crippen LogP contribution in [0.4, 0.5) is 0 Å². The van der Waals surface area contributed by atoms with Gasteiger partial charge < -0.3 is 9.84 Å². The number of hydrogen-bond donors (Lipinski definition) is 1. The molecule has 0 radical (unpaired) electrons. The van der Waals surface area contributed by atoms with E-state index in [1.807, 2.05) is 50.2 Å². The molecule has 1 N–H and O–H groups in total. The molecular weight excluding hydrogens is 248 g/mol. The van der Waals surface area contributed by atoms with Crippen LogP contribution in [-0.4, -0.2) is 5.11 Å². The van der Waals surface area contributed by atoms with Crippen molar-refractivity contribution >= 4 is 10.8 Å². The smallest absolute Gasteiger partial charge is 0.136 e. The molecule has 3 aromatic carbocycles. The molecular formula is C18H16O2. The molecule has 0 heterocycles. The highest BCUT2D eigenvalue weighted by Gasteiger charge is 2.10. The first kappa shape index (κ1) is 12.5. The first-order chi connectivity index (χ1) is 9.66. The summed E-state index contributed by atoms with van der Waals surface area (Å²) in [5.74, 6) is 1.78. The van der Waals surface area contributed by atoms with E-state index in [-0.39, 0.29) is 5.75 Å². The summed E-state index contributed by atoms with van der Waals surface area (Å²) in [6, 6.07) is 17.7. The molecule has 0 aliphatic carbocycles. The van der Waals surface area contributed by atoms with E-state index in [4.69, 9.17) is 4.74 Å². The topological polar surface area (TPSA) is 29.5 Å². The number of aromatic hydroxyl groups is 1. The molecule has 0 aliphatic heterocycles. The van der Waals surface area contributed by atoms with Crippen LogP contribution in [0.3, 0.4) is 0 Å². The molecule has 2 nitrogen and oxygen atoms in total. The van der Waals surface area contributed by atoms with E-state index in [1.54, 1.807) is 6.07 Å². The number of phenolic OH excluding ortho intramolecular Hbond substituents is 1. The predicted molar refractivity (Wildman–Crippen MR) is 81.6 cm³/mol. The Labute approximate surface area is 118 Å². The van der Waals surface area contributed by atoms with Crippen molar-refractivity contribution in [2.45, 2.75) is 13.8 Å². The minimum atomic E-state index is 0.255. The third-order valence-electron chi connectivity index (χ3n) is 3.54. The Morgan fingerprint density at radius 3 is 2.45 bits per heavy atom. The van der Waals surface area contributed by atoms with Gasteiger partial charge in [0.1, 0.15) is 17.2 Å². The van der Waals surface area contributed by atoms with Crippen LogP contribution in [0.2, 0.25) is 0 Å². The number of ether oxygens (including phenoxy) is 1. The van der Waals surface area contributed by atoms with Crippen molar-refractivity contribution in [2.24, 2.45) is 0 Å². The molecule has 0 saturated carbocycles. The van der Waals surface area contributed by atoms with E-state index < -0.39 is 0 Å². The quantitative estimate of drug-likeness (QED) is 0.709. The standard InChI is InChI=1S/C18H16O2/c1-12-10-11-16(19)13(2)18(12)20-17-9-5-7-14-6-3-4-8-15(14)17/h3-11,19H,1-2H3. The molecule has 3 rings (SSSR count). The summed E-state index contributed by atoms with van der Waals surface area (Å²) in [6.07, 6.45) is 0. The fourth-order valence-corrected chi connectivity index (χ4v) is 2.37. The average Bonchev–Trinajstić information content (AvgIpc) is 2.48. The molecule has 100 valence electrons. The number of aryl methyl sites for hydroxylation is 1. The summed E-state index contributed by atoms with van der Waals surface area (Å²) >= 11 is 0. The van der Waals surface area contributed by atoms with Crippen LogP contribution in [0.25, 0.3) is 10.8 Å². The molecule has 0 aromatic heterocycles. The third-order valence-corrected chi connectivity index (χ3v) is 3.54. The van der Waals surface area contributed by atoms with Crippen molar-refractivity contribution in [3.8, 4) is 17.2 Å². The van der Waals surface area contributed by atoms with Crippen molar-refractivity contribution in [1.82, 2.24) is 0 Å². The Bertz CT molecular complexity index is 770. The maximum absolute atomic E-state index is 9.84. The largest absolute Gasteiger partial charge is 0.508 e. The Balaban J connectivity index is 2.13. The summed E-state index contributed by atoms with van der Waals surface area (Å²) in [5.41, 5.74) is 1.77. The van der Waals surface area contributed by atoms with Crippen LogP contribution in [-0.2, 0) is 0 Å². The second-order valence-corrected chi connectivity index (χ2v) is 4.94. The van der Waals surface area contributed by atoms with Gasteiger partial charge in [0.25, 0.3) is 0 Å². The Morgan fingerprint density at radius 1 is 0.850 bits per heavy atom. The lowest BCUT2D eigenvalue weighted by atomic mass is 10.1. The van der Waals surface area contributed by atoms with Crippen molar-refractivity contribution in [1.29, 1.82) is 0 Å². The zero-order chi connectivity index (χ0) is 14.1. The highest BCUT2D eigenvalue weighted by Crippen LogP contribution is 2.36. The summed E-state index contributed by atoms with van der Waals surface area (Å²) in [5, 5.41) is 12.0. The zero-order valence-corrected chi connectivity index (χ0v) is 11.6. The van der Waals surface area contributed by atoms with Gasteiger partial charge in [-0.05, 0) is 36.9 Å². The first-order valence-corrected chi connectivity index (χ1v) is 6.61. The Kier molecular flexibility index (Phi) is 3.07. The predicted octanol–water partition coefficient (Wildman–Crippen LogP) is 4.95. The maximum Gasteiger partial charge on any atom is 0.136 e. The average molecular weight is 264 g/mol. The molecule has 0 atom stereocenters. The van der Waals surface area contributed by atoms with Gasteiger partial charge in [-0.1, -0.05) is 42.5 Å². The number of fused-ring (bicyclic) bond motifs is 1. The molecule has 0 amide bonds. The lowest BCUT2D eigenvalue weighted by Gasteiger charge is -2.14. The van der Waals surface area contributed by atoms with Crippen LogP contribution >= 0.6 is 0 Å². The van der Waals surface area contributed by atoms with Crippen LogP contribution in [0.15, 0.2) is 54.6 Å². The summed E-state index contributed by atoms with van der Waals surface area (Å²) < 4.78 is 6.07. The molecule has 0 aliphatic rings. The van der Waals surface area contributed by atoms with E-state index in [0.717, 1.165) is 33.4 Å². The van der Waals surface area contributed by atoms with Gasteiger partial charge in [-0.3, -0.25) is 0 Å². The Hall–Kier alpha value is -2.48. The molecule has 0 unspecified atom stereocenters. The van der Waals surface area contributed by atoms with Crippen LogP contribution in [0, 0.1) is 13.8 Å². The highest BCUT2D eigenvalue weighted by molar-refractivity contribution is 5.88. The molecule has 2 heteroatoms. The number of hydrogen-bond acceptors (Lipinski definition) is 2. The van der Waals surface area contributed by atoms with E-state index in [0.29, 0.717) is 0 Å². The number of phenols is 1. The van der Waals surface area contributed by atoms with E-state index in [1.165, 1.54) is 0 Å². The molecule has 0 saturated heterocycles. The number of benzene rings is 3. The second kappa shape index (κ2) is 4.89. The molecule has 0 bridgehead atoms. The van der Waals surface area contributed by atoms with Crippen LogP contribution < -0.4 is 4.74 Å². The van der Waals surface area contributed by atoms with Gasteiger partial charge >= 0.3 is 0 Å². The zero-order valence-electron chi connectivity index (χ0n) is 11.6. The highest BCUT2D eigenvalue weighted by atomic mass is 16.5. The van der Waals surface area contributed by atoms with Crippen molar-refractivity contribution < 1.29 is 9.84 Å². The van der Waals surface area contributed by atoms with Gasteiger partial charge in [-0.25, -0.2) is 0 Å². The third kappa shape index (κ3) is 2.10. The summed E-state index contributed by atoms with van der Waals surface area (Å²) in [7, 11) is 0. The molecule has 3 aromatic rings. The minimum Gasteiger partial charge on any atom is -0.508 e. The van der Waals surface area contributed by atoms with Gasteiger partial charge in [-0.2, -0.15) is 0 Å². The van der Waals surface area contributed by atoms with Gasteiger partial charge in [0.05, 0.1) is 0 Å². The van der Waals surface area contributed by atoms with Gasteiger partial charge in [0.15, 0.2) is 0 Å². The van der Waals surface area contributed by atoms with Gasteiger partial charge in [-0.15, -0.1) is 0 Å². The SMILES string of the molecule is Cc1ccc(O)c(C)c1Oc1cccc2ccccc12. The lowest BCUT2D eigenvalue weighted by molar-refractivity contribution is 0.448. The molecule has 0 spiro atoms.